The van der Waals surface area contributed by atoms with E-state index in [2.05, 4.69) is 10.4 Å². The molecule has 88 valence electrons. The second-order valence-corrected chi connectivity index (χ2v) is 6.18. The summed E-state index contributed by atoms with van der Waals surface area (Å²) in [4.78, 5) is 11.6. The number of hydrogen-bond acceptors (Lipinski definition) is 4. The number of carbonyl (C=O) groups is 1. The number of aryl methyl sites for hydroxylation is 1. The van der Waals surface area contributed by atoms with E-state index in [1.165, 1.54) is 4.68 Å². The minimum Gasteiger partial charge on any atom is -0.347 e. The van der Waals surface area contributed by atoms with E-state index in [0.717, 1.165) is 0 Å². The molecule has 7 heteroatoms. The Morgan fingerprint density at radius 1 is 1.62 bits per heavy atom. The molecule has 1 aliphatic rings. The lowest BCUT2D eigenvalue weighted by Gasteiger charge is -2.08. The molecule has 1 saturated heterocycles. The maximum Gasteiger partial charge on any atom is 0.272 e. The molecule has 2 rings (SSSR count). The second-order valence-electron chi connectivity index (χ2n) is 3.95. The number of amides is 1. The highest BCUT2D eigenvalue weighted by atomic mass is 32.2. The Bertz CT molecular complexity index is 506. The number of sulfone groups is 1. The minimum absolute atomic E-state index is 0.0333. The fourth-order valence-corrected chi connectivity index (χ4v) is 3.38. The van der Waals surface area contributed by atoms with Gasteiger partial charge in [0, 0.05) is 19.3 Å². The largest absolute Gasteiger partial charge is 0.347 e. The van der Waals surface area contributed by atoms with Gasteiger partial charge in [-0.2, -0.15) is 5.10 Å². The maximum atomic E-state index is 11.6. The third-order valence-corrected chi connectivity index (χ3v) is 4.28. The van der Waals surface area contributed by atoms with Crippen molar-refractivity contribution in [3.63, 3.8) is 0 Å². The number of hydrogen-bond donors (Lipinski definition) is 1. The van der Waals surface area contributed by atoms with E-state index in [0.29, 0.717) is 12.1 Å². The Labute approximate surface area is 93.6 Å². The van der Waals surface area contributed by atoms with Crippen molar-refractivity contribution in [2.24, 2.45) is 7.05 Å². The summed E-state index contributed by atoms with van der Waals surface area (Å²) in [7, 11) is -1.24. The number of nitrogens with zero attached hydrogens (tertiary/aromatic N) is 2. The highest BCUT2D eigenvalue weighted by Gasteiger charge is 2.29. The topological polar surface area (TPSA) is 81.1 Å². The van der Waals surface area contributed by atoms with E-state index in [1.807, 2.05) is 0 Å². The van der Waals surface area contributed by atoms with Crippen LogP contribution in [0.4, 0.5) is 0 Å². The maximum absolute atomic E-state index is 11.6. The number of carbonyl (C=O) groups excluding carboxylic acids is 1. The molecule has 0 aromatic carbocycles. The molecule has 0 unspecified atom stereocenters. The lowest BCUT2D eigenvalue weighted by molar-refractivity contribution is 0.0935. The third kappa shape index (κ3) is 2.41. The van der Waals surface area contributed by atoms with Crippen LogP contribution < -0.4 is 5.32 Å². The molecule has 1 N–H and O–H groups in total. The highest BCUT2D eigenvalue weighted by Crippen LogP contribution is 2.11. The van der Waals surface area contributed by atoms with E-state index in [-0.39, 0.29) is 23.5 Å². The standard InChI is InChI=1S/C9H13N3O3S/c1-12-4-2-8(11-12)9(13)10-7-3-5-16(14,15)6-7/h2,4,7H,3,5-6H2,1H3,(H,10,13)/t7-/m0/s1. The minimum atomic E-state index is -2.96. The Kier molecular flexibility index (Phi) is 2.71. The van der Waals surface area contributed by atoms with Crippen LogP contribution in [0, 0.1) is 0 Å². The van der Waals surface area contributed by atoms with Crippen molar-refractivity contribution in [3.05, 3.63) is 18.0 Å². The van der Waals surface area contributed by atoms with Gasteiger partial charge >= 0.3 is 0 Å². The van der Waals surface area contributed by atoms with Gasteiger partial charge in [0.1, 0.15) is 5.69 Å². The van der Waals surface area contributed by atoms with Crippen LogP contribution in [0.5, 0.6) is 0 Å². The lowest BCUT2D eigenvalue weighted by Crippen LogP contribution is -2.35. The van der Waals surface area contributed by atoms with Gasteiger partial charge in [0.15, 0.2) is 9.84 Å². The fourth-order valence-electron chi connectivity index (χ4n) is 1.70. The summed E-state index contributed by atoms with van der Waals surface area (Å²) in [6.45, 7) is 0. The van der Waals surface area contributed by atoms with E-state index in [4.69, 9.17) is 0 Å². The number of aromatic nitrogens is 2. The quantitative estimate of drug-likeness (QED) is 0.747. The Morgan fingerprint density at radius 2 is 2.38 bits per heavy atom. The van der Waals surface area contributed by atoms with E-state index < -0.39 is 9.84 Å². The van der Waals surface area contributed by atoms with Crippen LogP contribution in [0.25, 0.3) is 0 Å². The smallest absolute Gasteiger partial charge is 0.272 e. The van der Waals surface area contributed by atoms with Gasteiger partial charge in [0.05, 0.1) is 11.5 Å². The molecule has 1 aromatic heterocycles. The van der Waals surface area contributed by atoms with Crippen LogP contribution >= 0.6 is 0 Å². The van der Waals surface area contributed by atoms with Gasteiger partial charge in [0.2, 0.25) is 0 Å². The summed E-state index contributed by atoms with van der Waals surface area (Å²) in [6.07, 6.45) is 2.15. The van der Waals surface area contributed by atoms with Crippen molar-refractivity contribution in [2.75, 3.05) is 11.5 Å². The molecule has 1 fully saturated rings. The van der Waals surface area contributed by atoms with E-state index in [9.17, 15) is 13.2 Å². The van der Waals surface area contributed by atoms with Crippen LogP contribution in [0.15, 0.2) is 12.3 Å². The van der Waals surface area contributed by atoms with Crippen molar-refractivity contribution in [1.82, 2.24) is 15.1 Å². The molecular formula is C9H13N3O3S. The van der Waals surface area contributed by atoms with Gasteiger partial charge in [-0.3, -0.25) is 9.48 Å². The first-order chi connectivity index (χ1) is 7.46. The van der Waals surface area contributed by atoms with Crippen molar-refractivity contribution in [3.8, 4) is 0 Å². The lowest BCUT2D eigenvalue weighted by atomic mass is 10.2. The normalized spacial score (nSPS) is 23.2. The van der Waals surface area contributed by atoms with Gasteiger partial charge in [0.25, 0.3) is 5.91 Å². The summed E-state index contributed by atoms with van der Waals surface area (Å²) >= 11 is 0. The average Bonchev–Trinajstić information content (AvgIpc) is 2.73. The molecule has 1 aliphatic heterocycles. The van der Waals surface area contributed by atoms with Crippen LogP contribution in [-0.4, -0.2) is 41.7 Å². The zero-order chi connectivity index (χ0) is 11.8. The first-order valence-corrected chi connectivity index (χ1v) is 6.79. The molecule has 0 spiro atoms. The van der Waals surface area contributed by atoms with Gasteiger partial charge < -0.3 is 5.32 Å². The molecule has 6 nitrogen and oxygen atoms in total. The first-order valence-electron chi connectivity index (χ1n) is 4.97. The van der Waals surface area contributed by atoms with Crippen molar-refractivity contribution in [1.29, 1.82) is 0 Å². The monoisotopic (exact) mass is 243 g/mol. The first kappa shape index (κ1) is 11.1. The molecule has 1 amide bonds. The van der Waals surface area contributed by atoms with Crippen molar-refractivity contribution in [2.45, 2.75) is 12.5 Å². The summed E-state index contributed by atoms with van der Waals surface area (Å²) in [6, 6.07) is 1.32. The van der Waals surface area contributed by atoms with E-state index >= 15 is 0 Å². The second kappa shape index (κ2) is 3.89. The van der Waals surface area contributed by atoms with E-state index in [1.54, 1.807) is 19.3 Å². The summed E-state index contributed by atoms with van der Waals surface area (Å²) in [5.74, 6) is -0.131. The summed E-state index contributed by atoms with van der Waals surface area (Å²) < 4.78 is 23.9. The Balaban J connectivity index is 1.99. The average molecular weight is 243 g/mol. The van der Waals surface area contributed by atoms with Crippen molar-refractivity contribution < 1.29 is 13.2 Å². The zero-order valence-electron chi connectivity index (χ0n) is 8.88. The molecule has 1 aromatic rings. The van der Waals surface area contributed by atoms with Gasteiger partial charge in [-0.15, -0.1) is 0 Å². The fraction of sp³-hybridized carbons (Fsp3) is 0.556. The van der Waals surface area contributed by atoms with Crippen LogP contribution in [0.3, 0.4) is 0 Å². The Hall–Kier alpha value is -1.37. The summed E-state index contributed by atoms with van der Waals surface area (Å²) in [5, 5.41) is 6.61. The predicted octanol–water partition coefficient (Wildman–Crippen LogP) is -0.663. The zero-order valence-corrected chi connectivity index (χ0v) is 9.70. The highest BCUT2D eigenvalue weighted by molar-refractivity contribution is 7.91. The number of rotatable bonds is 2. The SMILES string of the molecule is Cn1ccc(C(=O)N[C@H]2CCS(=O)(=O)C2)n1. The Morgan fingerprint density at radius 3 is 2.88 bits per heavy atom. The van der Waals surface area contributed by atoms with Gasteiger partial charge in [-0.1, -0.05) is 0 Å². The molecule has 0 aliphatic carbocycles. The summed E-state index contributed by atoms with van der Waals surface area (Å²) in [5.41, 5.74) is 0.312. The molecule has 1 atom stereocenters. The third-order valence-electron chi connectivity index (χ3n) is 2.51. The van der Waals surface area contributed by atoms with Crippen molar-refractivity contribution >= 4 is 15.7 Å². The molecule has 0 saturated carbocycles. The molecular weight excluding hydrogens is 230 g/mol. The number of nitrogens with one attached hydrogen (secondary N) is 1. The van der Waals surface area contributed by atoms with Crippen LogP contribution in [0.2, 0.25) is 0 Å². The molecule has 0 bridgehead atoms. The van der Waals surface area contributed by atoms with Crippen LogP contribution in [-0.2, 0) is 16.9 Å². The predicted molar refractivity (Wildman–Crippen MR) is 57.7 cm³/mol. The van der Waals surface area contributed by atoms with Crippen LogP contribution in [0.1, 0.15) is 16.9 Å². The van der Waals surface area contributed by atoms with Gasteiger partial charge in [-0.25, -0.2) is 8.42 Å². The molecule has 2 heterocycles. The van der Waals surface area contributed by atoms with Gasteiger partial charge in [-0.05, 0) is 12.5 Å². The molecule has 0 radical (unpaired) electrons. The molecule has 16 heavy (non-hydrogen) atoms.